The summed E-state index contributed by atoms with van der Waals surface area (Å²) < 4.78 is 6.78. The Hall–Kier alpha value is -2.10. The molecule has 1 heterocycles. The minimum Gasteiger partial charge on any atom is -0.468 e. The number of carbonyl (C=O) groups is 2. The van der Waals surface area contributed by atoms with Crippen LogP contribution in [0.2, 0.25) is 0 Å². The first kappa shape index (κ1) is 12.0. The van der Waals surface area contributed by atoms with Crippen molar-refractivity contribution in [1.82, 2.24) is 4.57 Å². The molecule has 1 aliphatic rings. The summed E-state index contributed by atoms with van der Waals surface area (Å²) in [5.74, 6) is -1.18. The van der Waals surface area contributed by atoms with Crippen LogP contribution in [0.15, 0.2) is 24.3 Å². The highest BCUT2D eigenvalue weighted by atomic mass is 16.5. The van der Waals surface area contributed by atoms with Crippen molar-refractivity contribution in [2.24, 2.45) is 13.0 Å². The van der Waals surface area contributed by atoms with Gasteiger partial charge in [0, 0.05) is 29.2 Å². The Morgan fingerprint density at radius 2 is 2.11 bits per heavy atom. The number of fused-ring (bicyclic) bond motifs is 3. The van der Waals surface area contributed by atoms with E-state index < -0.39 is 11.9 Å². The molecule has 4 heteroatoms. The summed E-state index contributed by atoms with van der Waals surface area (Å²) in [6.45, 7) is 0. The SMILES string of the molecule is COC(=O)C1CCc2c(c3ccccc3n2C)C1=O. The van der Waals surface area contributed by atoms with Crippen molar-refractivity contribution in [1.29, 1.82) is 0 Å². The van der Waals surface area contributed by atoms with Crippen LogP contribution in [0.1, 0.15) is 22.5 Å². The number of rotatable bonds is 1. The third-order valence-corrected chi connectivity index (χ3v) is 3.95. The number of para-hydroxylation sites is 1. The van der Waals surface area contributed by atoms with Gasteiger partial charge < -0.3 is 9.30 Å². The molecule has 2 aromatic rings. The second-order valence-electron chi connectivity index (χ2n) is 4.88. The molecule has 1 aromatic carbocycles. The van der Waals surface area contributed by atoms with Gasteiger partial charge in [-0.05, 0) is 18.9 Å². The second-order valence-corrected chi connectivity index (χ2v) is 4.88. The van der Waals surface area contributed by atoms with E-state index in [1.807, 2.05) is 31.3 Å². The maximum Gasteiger partial charge on any atom is 0.316 e. The maximum absolute atomic E-state index is 12.5. The number of benzene rings is 1. The van der Waals surface area contributed by atoms with Crippen molar-refractivity contribution in [2.75, 3.05) is 7.11 Å². The number of methoxy groups -OCH3 is 1. The standard InChI is InChI=1S/C15H15NO3/c1-16-11-6-4-3-5-9(11)13-12(16)8-7-10(14(13)17)15(18)19-2/h3-6,10H,7-8H2,1-2H3. The van der Waals surface area contributed by atoms with Crippen molar-refractivity contribution in [3.8, 4) is 0 Å². The van der Waals surface area contributed by atoms with Gasteiger partial charge in [-0.2, -0.15) is 0 Å². The maximum atomic E-state index is 12.5. The fourth-order valence-electron chi connectivity index (χ4n) is 2.97. The number of Topliss-reactive ketones (excluding diaryl/α,β-unsaturated/α-hetero) is 1. The Balaban J connectivity index is 2.21. The third kappa shape index (κ3) is 1.59. The number of aryl methyl sites for hydroxylation is 1. The highest BCUT2D eigenvalue weighted by Crippen LogP contribution is 2.33. The fraction of sp³-hybridized carbons (Fsp3) is 0.333. The second kappa shape index (κ2) is 4.23. The molecule has 1 aliphatic carbocycles. The molecular weight excluding hydrogens is 242 g/mol. The number of carbonyl (C=O) groups excluding carboxylic acids is 2. The van der Waals surface area contributed by atoms with Crippen LogP contribution in [0.3, 0.4) is 0 Å². The Morgan fingerprint density at radius 1 is 1.37 bits per heavy atom. The zero-order valence-corrected chi connectivity index (χ0v) is 11.0. The predicted octanol–water partition coefficient (Wildman–Crippen LogP) is 2.10. The van der Waals surface area contributed by atoms with Gasteiger partial charge in [0.1, 0.15) is 5.92 Å². The van der Waals surface area contributed by atoms with Gasteiger partial charge >= 0.3 is 5.97 Å². The van der Waals surface area contributed by atoms with Crippen molar-refractivity contribution in [3.05, 3.63) is 35.5 Å². The Kier molecular flexibility index (Phi) is 2.66. The minimum atomic E-state index is -0.650. The Morgan fingerprint density at radius 3 is 2.84 bits per heavy atom. The number of aromatic nitrogens is 1. The van der Waals surface area contributed by atoms with Crippen LogP contribution >= 0.6 is 0 Å². The molecule has 0 spiro atoms. The average molecular weight is 257 g/mol. The molecular formula is C15H15NO3. The molecule has 0 saturated carbocycles. The molecule has 1 atom stereocenters. The molecule has 1 aromatic heterocycles. The van der Waals surface area contributed by atoms with E-state index in [2.05, 4.69) is 4.57 Å². The molecule has 3 rings (SSSR count). The van der Waals surface area contributed by atoms with E-state index in [1.165, 1.54) is 7.11 Å². The first-order valence-corrected chi connectivity index (χ1v) is 6.33. The zero-order chi connectivity index (χ0) is 13.6. The van der Waals surface area contributed by atoms with Gasteiger partial charge in [0.25, 0.3) is 0 Å². The van der Waals surface area contributed by atoms with Crippen LogP contribution in [0, 0.1) is 5.92 Å². The van der Waals surface area contributed by atoms with Crippen LogP contribution in [0.4, 0.5) is 0 Å². The molecule has 0 N–H and O–H groups in total. The van der Waals surface area contributed by atoms with Crippen LogP contribution < -0.4 is 0 Å². The lowest BCUT2D eigenvalue weighted by molar-refractivity contribution is -0.143. The minimum absolute atomic E-state index is 0.107. The number of hydrogen-bond donors (Lipinski definition) is 0. The molecule has 19 heavy (non-hydrogen) atoms. The fourth-order valence-corrected chi connectivity index (χ4v) is 2.97. The predicted molar refractivity (Wildman–Crippen MR) is 71.1 cm³/mol. The van der Waals surface area contributed by atoms with Crippen LogP contribution in [-0.4, -0.2) is 23.4 Å². The molecule has 0 aliphatic heterocycles. The van der Waals surface area contributed by atoms with Gasteiger partial charge in [-0.15, -0.1) is 0 Å². The molecule has 0 saturated heterocycles. The van der Waals surface area contributed by atoms with Crippen molar-refractivity contribution < 1.29 is 14.3 Å². The van der Waals surface area contributed by atoms with Gasteiger partial charge in [-0.1, -0.05) is 18.2 Å². The van der Waals surface area contributed by atoms with E-state index >= 15 is 0 Å². The Labute approximate surface area is 111 Å². The summed E-state index contributed by atoms with van der Waals surface area (Å²) in [7, 11) is 3.29. The molecule has 0 bridgehead atoms. The highest BCUT2D eigenvalue weighted by molar-refractivity contribution is 6.17. The molecule has 98 valence electrons. The number of hydrogen-bond acceptors (Lipinski definition) is 3. The van der Waals surface area contributed by atoms with Crippen LogP contribution in [0.5, 0.6) is 0 Å². The third-order valence-electron chi connectivity index (χ3n) is 3.95. The van der Waals surface area contributed by atoms with E-state index in [1.54, 1.807) is 0 Å². The molecule has 0 fully saturated rings. The quantitative estimate of drug-likeness (QED) is 0.580. The number of nitrogens with zero attached hydrogens (tertiary/aromatic N) is 1. The topological polar surface area (TPSA) is 48.3 Å². The summed E-state index contributed by atoms with van der Waals surface area (Å²) in [6, 6.07) is 7.80. The Bertz CT molecular complexity index is 684. The molecule has 4 nitrogen and oxygen atoms in total. The molecule has 0 radical (unpaired) electrons. The van der Waals surface area contributed by atoms with Crippen LogP contribution in [-0.2, 0) is 23.0 Å². The first-order valence-electron chi connectivity index (χ1n) is 6.33. The normalized spacial score (nSPS) is 18.4. The lowest BCUT2D eigenvalue weighted by Crippen LogP contribution is -2.30. The largest absolute Gasteiger partial charge is 0.468 e. The van der Waals surface area contributed by atoms with Gasteiger partial charge in [-0.25, -0.2) is 0 Å². The van der Waals surface area contributed by atoms with E-state index in [0.29, 0.717) is 12.0 Å². The average Bonchev–Trinajstić information content (AvgIpc) is 2.73. The van der Waals surface area contributed by atoms with E-state index in [-0.39, 0.29) is 5.78 Å². The van der Waals surface area contributed by atoms with Crippen LogP contribution in [0.25, 0.3) is 10.9 Å². The number of ketones is 1. The lowest BCUT2D eigenvalue weighted by atomic mass is 9.85. The summed E-state index contributed by atoms with van der Waals surface area (Å²) >= 11 is 0. The summed E-state index contributed by atoms with van der Waals surface area (Å²) in [6.07, 6.45) is 1.26. The van der Waals surface area contributed by atoms with Gasteiger partial charge in [0.15, 0.2) is 5.78 Å². The smallest absolute Gasteiger partial charge is 0.316 e. The monoisotopic (exact) mass is 257 g/mol. The number of esters is 1. The lowest BCUT2D eigenvalue weighted by Gasteiger charge is -2.20. The molecule has 0 amide bonds. The summed E-state index contributed by atoms with van der Waals surface area (Å²) in [4.78, 5) is 24.2. The summed E-state index contributed by atoms with van der Waals surface area (Å²) in [5, 5.41) is 0.929. The number of ether oxygens (including phenoxy) is 1. The zero-order valence-electron chi connectivity index (χ0n) is 11.0. The molecule has 1 unspecified atom stereocenters. The van der Waals surface area contributed by atoms with Gasteiger partial charge in [-0.3, -0.25) is 9.59 Å². The first-order chi connectivity index (χ1) is 9.15. The van der Waals surface area contributed by atoms with E-state index in [4.69, 9.17) is 4.74 Å². The van der Waals surface area contributed by atoms with E-state index in [9.17, 15) is 9.59 Å². The van der Waals surface area contributed by atoms with Crippen molar-refractivity contribution >= 4 is 22.7 Å². The highest BCUT2D eigenvalue weighted by Gasteiger charge is 2.36. The van der Waals surface area contributed by atoms with Crippen molar-refractivity contribution in [2.45, 2.75) is 12.8 Å². The van der Waals surface area contributed by atoms with Gasteiger partial charge in [0.05, 0.1) is 7.11 Å². The van der Waals surface area contributed by atoms with Crippen molar-refractivity contribution in [3.63, 3.8) is 0 Å². The van der Waals surface area contributed by atoms with E-state index in [0.717, 1.165) is 23.0 Å². The van der Waals surface area contributed by atoms with Gasteiger partial charge in [0.2, 0.25) is 0 Å². The summed E-state index contributed by atoms with van der Waals surface area (Å²) in [5.41, 5.74) is 2.75.